The Bertz CT molecular complexity index is 157. The standard InChI is InChI=1S/C9H16O3S/c1-3-12-9(10)5-4-7-13-8-6-11-2/h4-5H,3,6-8H2,1-2H3/b5-4+. The predicted octanol–water partition coefficient (Wildman–Crippen LogP) is 1.49. The third-order valence-corrected chi connectivity index (χ3v) is 2.07. The zero-order valence-electron chi connectivity index (χ0n) is 8.12. The Morgan fingerprint density at radius 2 is 2.31 bits per heavy atom. The van der Waals surface area contributed by atoms with E-state index >= 15 is 0 Å². The second-order valence-corrected chi connectivity index (χ2v) is 3.37. The van der Waals surface area contributed by atoms with E-state index in [0.717, 1.165) is 18.1 Å². The summed E-state index contributed by atoms with van der Waals surface area (Å²) in [6, 6.07) is 0. The van der Waals surface area contributed by atoms with Crippen molar-refractivity contribution in [1.82, 2.24) is 0 Å². The van der Waals surface area contributed by atoms with Crippen LogP contribution in [0.15, 0.2) is 12.2 Å². The Balaban J connectivity index is 3.25. The van der Waals surface area contributed by atoms with Gasteiger partial charge >= 0.3 is 5.97 Å². The Morgan fingerprint density at radius 1 is 1.54 bits per heavy atom. The van der Waals surface area contributed by atoms with E-state index in [0.29, 0.717) is 6.61 Å². The highest BCUT2D eigenvalue weighted by atomic mass is 32.2. The molecule has 0 rings (SSSR count). The molecule has 76 valence electrons. The molecule has 4 heteroatoms. The highest BCUT2D eigenvalue weighted by Gasteiger charge is 1.91. The first-order chi connectivity index (χ1) is 6.31. The minimum absolute atomic E-state index is 0.269. The Kier molecular flexibility index (Phi) is 9.25. The van der Waals surface area contributed by atoms with Crippen LogP contribution in [0.2, 0.25) is 0 Å². The number of rotatable bonds is 7. The maximum Gasteiger partial charge on any atom is 0.330 e. The summed E-state index contributed by atoms with van der Waals surface area (Å²) in [6.07, 6.45) is 3.27. The van der Waals surface area contributed by atoms with Crippen LogP contribution < -0.4 is 0 Å². The molecule has 0 atom stereocenters. The summed E-state index contributed by atoms with van der Waals surface area (Å²) in [5.74, 6) is 1.50. The molecule has 13 heavy (non-hydrogen) atoms. The number of ether oxygens (including phenoxy) is 2. The molecule has 3 nitrogen and oxygen atoms in total. The largest absolute Gasteiger partial charge is 0.463 e. The Hall–Kier alpha value is -0.480. The first-order valence-electron chi connectivity index (χ1n) is 4.21. The van der Waals surface area contributed by atoms with Crippen molar-refractivity contribution in [1.29, 1.82) is 0 Å². The van der Waals surface area contributed by atoms with E-state index in [9.17, 15) is 4.79 Å². The first kappa shape index (κ1) is 12.5. The topological polar surface area (TPSA) is 35.5 Å². The van der Waals surface area contributed by atoms with Crippen molar-refractivity contribution in [3.05, 3.63) is 12.2 Å². The monoisotopic (exact) mass is 204 g/mol. The van der Waals surface area contributed by atoms with Gasteiger partial charge in [0.2, 0.25) is 0 Å². The van der Waals surface area contributed by atoms with Crippen molar-refractivity contribution in [2.45, 2.75) is 6.92 Å². The lowest BCUT2D eigenvalue weighted by Gasteiger charge is -1.96. The fourth-order valence-corrected chi connectivity index (χ4v) is 1.31. The van der Waals surface area contributed by atoms with Gasteiger partial charge in [-0.1, -0.05) is 6.08 Å². The van der Waals surface area contributed by atoms with Gasteiger partial charge in [-0.25, -0.2) is 4.79 Å². The lowest BCUT2D eigenvalue weighted by molar-refractivity contribution is -0.137. The summed E-state index contributed by atoms with van der Waals surface area (Å²) >= 11 is 1.72. The SMILES string of the molecule is CCOC(=O)/C=C/CSCCOC. The van der Waals surface area contributed by atoms with Gasteiger partial charge in [-0.05, 0) is 6.92 Å². The highest BCUT2D eigenvalue weighted by Crippen LogP contribution is 1.99. The first-order valence-corrected chi connectivity index (χ1v) is 5.36. The predicted molar refractivity (Wildman–Crippen MR) is 55.0 cm³/mol. The van der Waals surface area contributed by atoms with Crippen molar-refractivity contribution in [2.75, 3.05) is 31.8 Å². The zero-order valence-corrected chi connectivity index (χ0v) is 8.93. The lowest BCUT2D eigenvalue weighted by atomic mass is 10.5. The number of esters is 1. The minimum Gasteiger partial charge on any atom is -0.463 e. The number of carbonyl (C=O) groups is 1. The molecule has 0 saturated carbocycles. The highest BCUT2D eigenvalue weighted by molar-refractivity contribution is 7.99. The molecule has 0 spiro atoms. The van der Waals surface area contributed by atoms with Gasteiger partial charge in [-0.15, -0.1) is 0 Å². The van der Waals surface area contributed by atoms with E-state index in [1.165, 1.54) is 6.08 Å². The summed E-state index contributed by atoms with van der Waals surface area (Å²) in [5.41, 5.74) is 0. The molecule has 0 aromatic rings. The van der Waals surface area contributed by atoms with Crippen LogP contribution >= 0.6 is 11.8 Å². The molecule has 0 heterocycles. The Labute approximate surface area is 83.5 Å². The third kappa shape index (κ3) is 9.43. The van der Waals surface area contributed by atoms with E-state index in [2.05, 4.69) is 0 Å². The van der Waals surface area contributed by atoms with Gasteiger partial charge in [0.05, 0.1) is 13.2 Å². The van der Waals surface area contributed by atoms with Gasteiger partial charge in [-0.3, -0.25) is 0 Å². The zero-order chi connectivity index (χ0) is 9.94. The summed E-state index contributed by atoms with van der Waals surface area (Å²) in [4.78, 5) is 10.8. The van der Waals surface area contributed by atoms with Gasteiger partial charge in [0.15, 0.2) is 0 Å². The number of methoxy groups -OCH3 is 1. The van der Waals surface area contributed by atoms with E-state index < -0.39 is 0 Å². The second kappa shape index (κ2) is 9.61. The minimum atomic E-state index is -0.269. The molecular weight excluding hydrogens is 188 g/mol. The summed E-state index contributed by atoms with van der Waals surface area (Å²) in [5, 5.41) is 0. The van der Waals surface area contributed by atoms with Gasteiger partial charge < -0.3 is 9.47 Å². The molecule has 0 aromatic heterocycles. The van der Waals surface area contributed by atoms with Crippen molar-refractivity contribution >= 4 is 17.7 Å². The van der Waals surface area contributed by atoms with Crippen LogP contribution in [0.4, 0.5) is 0 Å². The lowest BCUT2D eigenvalue weighted by Crippen LogP contribution is -1.99. The molecule has 0 aliphatic heterocycles. The summed E-state index contributed by atoms with van der Waals surface area (Å²) in [6.45, 7) is 2.97. The fourth-order valence-electron chi connectivity index (χ4n) is 0.628. The Morgan fingerprint density at radius 3 is 2.92 bits per heavy atom. The van der Waals surface area contributed by atoms with Crippen molar-refractivity contribution in [3.8, 4) is 0 Å². The van der Waals surface area contributed by atoms with Crippen LogP contribution in [-0.2, 0) is 14.3 Å². The summed E-state index contributed by atoms with van der Waals surface area (Å²) in [7, 11) is 1.68. The van der Waals surface area contributed by atoms with Gasteiger partial charge in [-0.2, -0.15) is 11.8 Å². The van der Waals surface area contributed by atoms with Crippen LogP contribution in [0.5, 0.6) is 0 Å². The van der Waals surface area contributed by atoms with E-state index in [-0.39, 0.29) is 5.97 Å². The van der Waals surface area contributed by atoms with Crippen LogP contribution in [0, 0.1) is 0 Å². The molecule has 0 unspecified atom stereocenters. The van der Waals surface area contributed by atoms with Crippen molar-refractivity contribution < 1.29 is 14.3 Å². The second-order valence-electron chi connectivity index (χ2n) is 2.22. The molecule has 0 aromatic carbocycles. The number of hydrogen-bond donors (Lipinski definition) is 0. The van der Waals surface area contributed by atoms with E-state index in [1.54, 1.807) is 31.9 Å². The number of thioether (sulfide) groups is 1. The van der Waals surface area contributed by atoms with E-state index in [4.69, 9.17) is 9.47 Å². The molecule has 0 aliphatic carbocycles. The maximum absolute atomic E-state index is 10.8. The quantitative estimate of drug-likeness (QED) is 0.357. The maximum atomic E-state index is 10.8. The molecule has 0 fully saturated rings. The van der Waals surface area contributed by atoms with Crippen molar-refractivity contribution in [3.63, 3.8) is 0 Å². The third-order valence-electron chi connectivity index (χ3n) is 1.19. The smallest absolute Gasteiger partial charge is 0.330 e. The molecule has 0 saturated heterocycles. The number of hydrogen-bond acceptors (Lipinski definition) is 4. The average Bonchev–Trinajstić information content (AvgIpc) is 2.11. The van der Waals surface area contributed by atoms with Crippen LogP contribution in [0.1, 0.15) is 6.92 Å². The molecule has 0 radical (unpaired) electrons. The van der Waals surface area contributed by atoms with Crippen LogP contribution in [0.3, 0.4) is 0 Å². The number of carbonyl (C=O) groups excluding carboxylic acids is 1. The molecular formula is C9H16O3S. The van der Waals surface area contributed by atoms with Gasteiger partial charge in [0.1, 0.15) is 0 Å². The average molecular weight is 204 g/mol. The van der Waals surface area contributed by atoms with Crippen molar-refractivity contribution in [2.24, 2.45) is 0 Å². The van der Waals surface area contributed by atoms with E-state index in [1.807, 2.05) is 0 Å². The summed E-state index contributed by atoms with van der Waals surface area (Å²) < 4.78 is 9.58. The van der Waals surface area contributed by atoms with Gasteiger partial charge in [0, 0.05) is 24.7 Å². The van der Waals surface area contributed by atoms with Gasteiger partial charge in [0.25, 0.3) is 0 Å². The molecule has 0 N–H and O–H groups in total. The van der Waals surface area contributed by atoms with Crippen LogP contribution in [-0.4, -0.2) is 37.8 Å². The molecule has 0 aliphatic rings. The normalized spacial score (nSPS) is 10.6. The molecule has 0 amide bonds. The van der Waals surface area contributed by atoms with Crippen LogP contribution in [0.25, 0.3) is 0 Å². The fraction of sp³-hybridized carbons (Fsp3) is 0.667. The molecule has 0 bridgehead atoms.